The lowest BCUT2D eigenvalue weighted by molar-refractivity contribution is -0.0133. The molecular weight excluding hydrogens is 325 g/mol. The smallest absolute Gasteiger partial charge is 0.123 e. The Morgan fingerprint density at radius 2 is 2.12 bits per heavy atom. The van der Waals surface area contributed by atoms with Crippen LogP contribution in [-0.4, -0.2) is 54.4 Å². The SMILES string of the molecule is Fc1cccc(CN2CC3(CC(OCC4CCOCC4)CS3)C2)c1. The van der Waals surface area contributed by atoms with Gasteiger partial charge in [0.05, 0.1) is 6.10 Å². The zero-order valence-electron chi connectivity index (χ0n) is 14.1. The van der Waals surface area contributed by atoms with Crippen LogP contribution < -0.4 is 0 Å². The molecule has 3 aliphatic rings. The fourth-order valence-electron chi connectivity index (χ4n) is 4.09. The first-order valence-electron chi connectivity index (χ1n) is 9.01. The Bertz CT molecular complexity index is 558. The van der Waals surface area contributed by atoms with E-state index in [-0.39, 0.29) is 5.82 Å². The van der Waals surface area contributed by atoms with Gasteiger partial charge in [0.2, 0.25) is 0 Å². The predicted molar refractivity (Wildman–Crippen MR) is 94.8 cm³/mol. The summed E-state index contributed by atoms with van der Waals surface area (Å²) < 4.78 is 25.3. The molecule has 3 heterocycles. The molecule has 0 radical (unpaired) electrons. The largest absolute Gasteiger partial charge is 0.381 e. The summed E-state index contributed by atoms with van der Waals surface area (Å²) in [6, 6.07) is 6.96. The number of likely N-dealkylation sites (tertiary alicyclic amines) is 1. The topological polar surface area (TPSA) is 21.7 Å². The molecule has 1 atom stereocenters. The van der Waals surface area contributed by atoms with Gasteiger partial charge in [-0.2, -0.15) is 0 Å². The second kappa shape index (κ2) is 7.32. The third-order valence-corrected chi connectivity index (χ3v) is 6.98. The molecule has 3 saturated heterocycles. The van der Waals surface area contributed by atoms with Crippen LogP contribution in [0, 0.1) is 11.7 Å². The Morgan fingerprint density at radius 3 is 2.92 bits per heavy atom. The highest BCUT2D eigenvalue weighted by atomic mass is 32.2. The molecule has 3 aliphatic heterocycles. The maximum atomic E-state index is 13.3. The molecule has 1 spiro atoms. The highest BCUT2D eigenvalue weighted by Gasteiger charge is 2.49. The first-order valence-corrected chi connectivity index (χ1v) is 9.99. The van der Waals surface area contributed by atoms with Crippen LogP contribution >= 0.6 is 11.8 Å². The maximum absolute atomic E-state index is 13.3. The summed E-state index contributed by atoms with van der Waals surface area (Å²) in [6.07, 6.45) is 3.87. The van der Waals surface area contributed by atoms with E-state index in [1.54, 1.807) is 12.1 Å². The molecule has 24 heavy (non-hydrogen) atoms. The number of halogens is 1. The van der Waals surface area contributed by atoms with Gasteiger partial charge in [-0.3, -0.25) is 4.90 Å². The molecule has 0 saturated carbocycles. The van der Waals surface area contributed by atoms with Crippen molar-refractivity contribution >= 4 is 11.8 Å². The molecule has 0 aliphatic carbocycles. The molecule has 1 aromatic carbocycles. The van der Waals surface area contributed by atoms with E-state index in [1.807, 2.05) is 6.07 Å². The minimum Gasteiger partial charge on any atom is -0.381 e. The summed E-state index contributed by atoms with van der Waals surface area (Å²) in [7, 11) is 0. The summed E-state index contributed by atoms with van der Waals surface area (Å²) >= 11 is 2.08. The van der Waals surface area contributed by atoms with Crippen molar-refractivity contribution in [1.29, 1.82) is 0 Å². The molecule has 0 amide bonds. The van der Waals surface area contributed by atoms with Crippen LogP contribution in [0.25, 0.3) is 0 Å². The van der Waals surface area contributed by atoms with Crippen molar-refractivity contribution in [1.82, 2.24) is 4.90 Å². The number of benzene rings is 1. The Labute approximate surface area is 147 Å². The Hall–Kier alpha value is -0.620. The zero-order chi connectivity index (χ0) is 16.4. The molecule has 0 aromatic heterocycles. The van der Waals surface area contributed by atoms with E-state index in [4.69, 9.17) is 9.47 Å². The van der Waals surface area contributed by atoms with E-state index in [0.717, 1.165) is 63.6 Å². The third-order valence-electron chi connectivity index (χ3n) is 5.40. The van der Waals surface area contributed by atoms with Gasteiger partial charge in [-0.1, -0.05) is 12.1 Å². The van der Waals surface area contributed by atoms with Gasteiger partial charge in [-0.25, -0.2) is 4.39 Å². The van der Waals surface area contributed by atoms with E-state index in [0.29, 0.717) is 16.8 Å². The normalized spacial score (nSPS) is 27.5. The van der Waals surface area contributed by atoms with Crippen LogP contribution in [0.15, 0.2) is 24.3 Å². The average molecular weight is 351 g/mol. The minimum atomic E-state index is -0.139. The highest BCUT2D eigenvalue weighted by molar-refractivity contribution is 8.01. The Balaban J connectivity index is 1.20. The van der Waals surface area contributed by atoms with Crippen LogP contribution in [0.4, 0.5) is 4.39 Å². The maximum Gasteiger partial charge on any atom is 0.123 e. The Morgan fingerprint density at radius 1 is 1.29 bits per heavy atom. The van der Waals surface area contributed by atoms with Crippen LogP contribution in [0.1, 0.15) is 24.8 Å². The summed E-state index contributed by atoms with van der Waals surface area (Å²) in [6.45, 7) is 5.75. The fraction of sp³-hybridized carbons (Fsp3) is 0.684. The monoisotopic (exact) mass is 351 g/mol. The van der Waals surface area contributed by atoms with Crippen molar-refractivity contribution in [2.45, 2.75) is 36.7 Å². The van der Waals surface area contributed by atoms with Crippen molar-refractivity contribution in [2.75, 3.05) is 38.7 Å². The minimum absolute atomic E-state index is 0.139. The van der Waals surface area contributed by atoms with Crippen molar-refractivity contribution in [2.24, 2.45) is 5.92 Å². The first kappa shape index (κ1) is 16.8. The number of ether oxygens (including phenoxy) is 2. The van der Waals surface area contributed by atoms with Crippen LogP contribution in [0.5, 0.6) is 0 Å². The standard InChI is InChI=1S/C19H26FNO2S/c20-17-3-1-2-16(8-17)10-21-13-19(14-21)9-18(12-24-19)23-11-15-4-6-22-7-5-15/h1-3,8,15,18H,4-7,9-14H2. The molecular formula is C19H26FNO2S. The fourth-order valence-corrected chi connectivity index (χ4v) is 5.69. The third kappa shape index (κ3) is 3.96. The molecule has 0 N–H and O–H groups in total. The lowest BCUT2D eigenvalue weighted by Gasteiger charge is -2.47. The van der Waals surface area contributed by atoms with Gasteiger partial charge >= 0.3 is 0 Å². The zero-order valence-corrected chi connectivity index (χ0v) is 14.9. The van der Waals surface area contributed by atoms with Crippen molar-refractivity contribution in [3.8, 4) is 0 Å². The van der Waals surface area contributed by atoms with Crippen molar-refractivity contribution < 1.29 is 13.9 Å². The van der Waals surface area contributed by atoms with Crippen molar-refractivity contribution in [3.63, 3.8) is 0 Å². The summed E-state index contributed by atoms with van der Waals surface area (Å²) in [5.41, 5.74) is 1.07. The van der Waals surface area contributed by atoms with Gasteiger partial charge in [0, 0.05) is 50.0 Å². The molecule has 132 valence electrons. The molecule has 4 rings (SSSR count). The number of nitrogens with zero attached hydrogens (tertiary/aromatic N) is 1. The summed E-state index contributed by atoms with van der Waals surface area (Å²) in [5, 5.41) is 0. The van der Waals surface area contributed by atoms with Crippen LogP contribution in [0.2, 0.25) is 0 Å². The first-order chi connectivity index (χ1) is 11.7. The quantitative estimate of drug-likeness (QED) is 0.811. The van der Waals surface area contributed by atoms with Crippen molar-refractivity contribution in [3.05, 3.63) is 35.6 Å². The lowest BCUT2D eigenvalue weighted by atomic mass is 9.92. The molecule has 1 aromatic rings. The highest BCUT2D eigenvalue weighted by Crippen LogP contribution is 2.46. The predicted octanol–water partition coefficient (Wildman–Crippen LogP) is 3.33. The van der Waals surface area contributed by atoms with Gasteiger partial charge in [0.1, 0.15) is 5.82 Å². The van der Waals surface area contributed by atoms with E-state index in [1.165, 1.54) is 12.5 Å². The summed E-state index contributed by atoms with van der Waals surface area (Å²) in [4.78, 5) is 2.42. The molecule has 1 unspecified atom stereocenters. The molecule has 3 fully saturated rings. The summed E-state index contributed by atoms with van der Waals surface area (Å²) in [5.74, 6) is 1.67. The van der Waals surface area contributed by atoms with Crippen LogP contribution in [-0.2, 0) is 16.0 Å². The second-order valence-electron chi connectivity index (χ2n) is 7.48. The average Bonchev–Trinajstić information content (AvgIpc) is 2.98. The number of thioether (sulfide) groups is 1. The molecule has 5 heteroatoms. The van der Waals surface area contributed by atoms with Crippen LogP contribution in [0.3, 0.4) is 0 Å². The van der Waals surface area contributed by atoms with Gasteiger partial charge in [0.15, 0.2) is 0 Å². The van der Waals surface area contributed by atoms with E-state index in [2.05, 4.69) is 16.7 Å². The molecule has 3 nitrogen and oxygen atoms in total. The van der Waals surface area contributed by atoms with Gasteiger partial charge in [-0.15, -0.1) is 11.8 Å². The Kier molecular flexibility index (Phi) is 5.13. The number of rotatable bonds is 5. The number of hydrogen-bond acceptors (Lipinski definition) is 4. The van der Waals surface area contributed by atoms with Gasteiger partial charge in [-0.05, 0) is 42.9 Å². The second-order valence-corrected chi connectivity index (χ2v) is 8.97. The number of hydrogen-bond donors (Lipinski definition) is 0. The van der Waals surface area contributed by atoms with E-state index < -0.39 is 0 Å². The van der Waals surface area contributed by atoms with Gasteiger partial charge in [0.25, 0.3) is 0 Å². The van der Waals surface area contributed by atoms with Gasteiger partial charge < -0.3 is 9.47 Å². The van der Waals surface area contributed by atoms with E-state index >= 15 is 0 Å². The lowest BCUT2D eigenvalue weighted by Crippen LogP contribution is -2.58. The van der Waals surface area contributed by atoms with E-state index in [9.17, 15) is 4.39 Å². The molecule has 0 bridgehead atoms.